The second-order valence-corrected chi connectivity index (χ2v) is 30.1. The molecule has 2 saturated carbocycles. The first-order valence-corrected chi connectivity index (χ1v) is 39.1. The molecule has 10 aromatic carbocycles. The summed E-state index contributed by atoms with van der Waals surface area (Å²) in [5.74, 6) is -1.48. The number of aromatic nitrogens is 4. The van der Waals surface area contributed by atoms with Gasteiger partial charge in [-0.25, -0.2) is 37.6 Å². The van der Waals surface area contributed by atoms with Crippen LogP contribution in [0, 0.1) is 60.9 Å². The quantitative estimate of drug-likeness (QED) is 0.112. The number of hydrogen-bond donors (Lipinski definition) is 0. The predicted octanol–water partition coefficient (Wildman–Crippen LogP) is 27.5. The Morgan fingerprint density at radius 3 is 1.04 bits per heavy atom. The summed E-state index contributed by atoms with van der Waals surface area (Å²) in [7, 11) is 7.57. The number of rotatable bonds is 8. The van der Waals surface area contributed by atoms with Crippen molar-refractivity contribution < 1.29 is 57.9 Å². The molecule has 0 N–H and O–H groups in total. The molecule has 2 aliphatic rings. The number of fused-ring (bicyclic) bond motifs is 12. The minimum absolute atomic E-state index is 0.00848. The van der Waals surface area contributed by atoms with Crippen LogP contribution in [-0.4, -0.2) is 0 Å². The smallest absolute Gasteiger partial charge is 0.237 e. The lowest BCUT2D eigenvalue weighted by Crippen LogP contribution is -2.30. The molecule has 2 fully saturated rings. The zero-order chi connectivity index (χ0) is 94.7. The van der Waals surface area contributed by atoms with Gasteiger partial charge in [-0.1, -0.05) is 196 Å². The summed E-state index contributed by atoms with van der Waals surface area (Å²) in [4.78, 5) is 15.1. The zero-order valence-corrected chi connectivity index (χ0v) is 66.4. The molecule has 12 nitrogen and oxygen atoms in total. The van der Waals surface area contributed by atoms with Crippen molar-refractivity contribution in [3.63, 3.8) is 0 Å². The SMILES string of the molecule is [2H]C1(c2ccc3c(oc4c(-c5cccc[n+]5C)c(C)ccc43)c2[N+]#[C-])CCCCC1.[2H]c1c([2H])c([2H])[n+](C)c(-c2c(C)ccc3c2oc2c([N+]#[C-])c(C4([2H])CCCCC4)ccc23)c1[2H].[2H]c1c([2H])c([2H])c(-c2ccc3c(oc4c(-c5cc(C)cc[n+]5C)c(C)ccc43)c2[N+]#[C-])c([2H])c1[2H].[2H]c1c([2H])c([2H])c(-c2ccc3c(oc4c(-c5cccc[n+]5C)c(C)ccc43)c2[N+]#[C-])c([2H])c1[2H]. The zero-order valence-electron chi connectivity index (χ0n) is 82.4. The molecular weight excluding hydrogens is 1440 g/mol. The molecule has 570 valence electrons. The van der Waals surface area contributed by atoms with Crippen molar-refractivity contribution in [2.24, 2.45) is 28.2 Å². The summed E-state index contributed by atoms with van der Waals surface area (Å²) in [6.07, 6.45) is 15.2. The van der Waals surface area contributed by atoms with Gasteiger partial charge in [-0.05, 0) is 151 Å². The van der Waals surface area contributed by atoms with Crippen molar-refractivity contribution in [1.29, 1.82) is 0 Å². The largest absolute Gasteiger partial charge is 0.466 e. The Morgan fingerprint density at radius 2 is 0.658 bits per heavy atom. The fraction of sp³-hybridized carbons (Fsp3) is 0.200. The van der Waals surface area contributed by atoms with Crippen LogP contribution in [0.3, 0.4) is 0 Å². The van der Waals surface area contributed by atoms with Crippen LogP contribution >= 0.6 is 0 Å². The lowest BCUT2D eigenvalue weighted by molar-refractivity contribution is -0.660. The van der Waals surface area contributed by atoms with Crippen molar-refractivity contribution in [3.8, 4) is 67.3 Å². The first-order chi connectivity index (χ1) is 63.6. The molecule has 20 rings (SSSR count). The van der Waals surface area contributed by atoms with Crippen molar-refractivity contribution >= 4 is 111 Å². The minimum Gasteiger partial charge on any atom is -0.466 e. The molecule has 12 heteroatoms. The Morgan fingerprint density at radius 1 is 0.325 bits per heavy atom. The highest BCUT2D eigenvalue weighted by Gasteiger charge is 2.31. The molecule has 117 heavy (non-hydrogen) atoms. The molecule has 8 heterocycles. The van der Waals surface area contributed by atoms with E-state index in [2.05, 4.69) is 61.2 Å². The van der Waals surface area contributed by atoms with Gasteiger partial charge in [0.15, 0.2) is 24.8 Å². The van der Waals surface area contributed by atoms with Crippen LogP contribution in [0.2, 0.25) is 0 Å². The van der Waals surface area contributed by atoms with E-state index in [1.165, 1.54) is 11.0 Å². The molecular formula is C105H90N8O4+4. The molecule has 0 aliphatic heterocycles. The van der Waals surface area contributed by atoms with Crippen LogP contribution in [-0.2, 0) is 28.2 Å². The van der Waals surface area contributed by atoms with Gasteiger partial charge < -0.3 is 17.7 Å². The maximum Gasteiger partial charge on any atom is 0.237 e. The van der Waals surface area contributed by atoms with Gasteiger partial charge in [-0.2, -0.15) is 0 Å². The van der Waals surface area contributed by atoms with Crippen LogP contribution in [0.1, 0.15) is 137 Å². The molecule has 0 atom stereocenters. The molecule has 0 bridgehead atoms. The van der Waals surface area contributed by atoms with Gasteiger partial charge in [-0.3, -0.25) is 0 Å². The van der Waals surface area contributed by atoms with Crippen molar-refractivity contribution in [1.82, 2.24) is 0 Å². The Labute approximate surface area is 704 Å². The average molecular weight is 1540 g/mol. The fourth-order valence-corrected chi connectivity index (χ4v) is 16.9. The Kier molecular flexibility index (Phi) is 16.1. The normalized spacial score (nSPS) is 15.5. The fourth-order valence-electron chi connectivity index (χ4n) is 16.9. The van der Waals surface area contributed by atoms with Gasteiger partial charge in [0.1, 0.15) is 74.2 Å². The summed E-state index contributed by atoms with van der Waals surface area (Å²) in [6, 6.07) is 42.1. The molecule has 2 aliphatic carbocycles. The number of furan rings is 4. The van der Waals surface area contributed by atoms with E-state index < -0.39 is 48.0 Å². The summed E-state index contributed by atoms with van der Waals surface area (Å²) >= 11 is 0. The number of nitrogens with zero attached hydrogens (tertiary/aromatic N) is 8. The van der Waals surface area contributed by atoms with Crippen LogP contribution in [0.25, 0.3) is 174 Å². The second-order valence-electron chi connectivity index (χ2n) is 30.1. The molecule has 0 amide bonds. The van der Waals surface area contributed by atoms with Crippen molar-refractivity contribution in [3.05, 3.63) is 334 Å². The van der Waals surface area contributed by atoms with Crippen LogP contribution in [0.4, 0.5) is 22.7 Å². The van der Waals surface area contributed by atoms with Crippen LogP contribution in [0.15, 0.2) is 267 Å². The van der Waals surface area contributed by atoms with Gasteiger partial charge in [0.2, 0.25) is 45.5 Å². The predicted molar refractivity (Wildman–Crippen MR) is 473 cm³/mol. The molecule has 0 saturated heterocycles. The van der Waals surface area contributed by atoms with E-state index in [1.54, 1.807) is 31.3 Å². The van der Waals surface area contributed by atoms with E-state index in [-0.39, 0.29) is 82.1 Å². The first kappa shape index (κ1) is 58.8. The third-order valence-corrected chi connectivity index (χ3v) is 22.9. The Bertz CT molecular complexity index is 8110. The highest BCUT2D eigenvalue weighted by molar-refractivity contribution is 6.18. The topological polar surface area (TPSA) is 85.5 Å². The standard InChI is InChI=1S/C27H21N2O.2C26H25N2O.C26H19N2O/c1-17-14-15-29(4)23(16-17)24-18(2)10-11-21-22-13-12-20(19-8-6-5-7-9-19)25(28-3)27(22)30-26(21)24;3*1-17-12-13-20-21-15-14-19(18-9-5-4-6-10-18)24(27-2)26(21)29-25(20)23(17)22-11-7-8-16-28(22)3/h5-16H,1-2,4H3;2*7-8,11-16,18H,4-6,9-10H2,1,3H3;4-16H,1,3H3/q4*+1/i5D,6D,7D,8D,9D;7D,8D,11D,16D,18D;18D;4D,5D,6D,9D,10D. The van der Waals surface area contributed by atoms with E-state index in [4.69, 9.17) is 65.9 Å². The van der Waals surface area contributed by atoms with Gasteiger partial charge in [0.05, 0.1) is 66.4 Å². The van der Waals surface area contributed by atoms with Gasteiger partial charge in [0, 0.05) is 94.3 Å². The first-order valence-electron chi connectivity index (χ1n) is 47.1. The highest BCUT2D eigenvalue weighted by atomic mass is 16.3. The monoisotopic (exact) mass is 1540 g/mol. The van der Waals surface area contributed by atoms with Crippen LogP contribution < -0.4 is 18.3 Å². The van der Waals surface area contributed by atoms with Gasteiger partial charge in [0.25, 0.3) is 0 Å². The third-order valence-electron chi connectivity index (χ3n) is 22.9. The summed E-state index contributed by atoms with van der Waals surface area (Å²) < 4.78 is 166. The van der Waals surface area contributed by atoms with E-state index in [1.807, 2.05) is 168 Å². The van der Waals surface area contributed by atoms with Gasteiger partial charge in [-0.15, -0.1) is 0 Å². The van der Waals surface area contributed by atoms with Crippen LogP contribution in [0.5, 0.6) is 0 Å². The maximum atomic E-state index is 9.08. The lowest BCUT2D eigenvalue weighted by Gasteiger charge is -2.23. The summed E-state index contributed by atoms with van der Waals surface area (Å²) in [5.41, 5.74) is 19.4. The summed E-state index contributed by atoms with van der Waals surface area (Å²) in [5, 5.41) is 6.69. The highest BCUT2D eigenvalue weighted by Crippen LogP contribution is 2.51. The summed E-state index contributed by atoms with van der Waals surface area (Å²) in [6.45, 7) is 41.7. The van der Waals surface area contributed by atoms with Gasteiger partial charge >= 0.3 is 0 Å². The Hall–Kier alpha value is -14.0. The number of pyridine rings is 4. The van der Waals surface area contributed by atoms with Crippen molar-refractivity contribution in [2.45, 2.75) is 111 Å². The lowest BCUT2D eigenvalue weighted by atomic mass is 9.83. The number of hydrogen-bond acceptors (Lipinski definition) is 4. The number of benzene rings is 10. The average Bonchev–Trinajstić information content (AvgIpc) is 1.59. The maximum absolute atomic E-state index is 9.08. The molecule has 8 aromatic heterocycles. The van der Waals surface area contributed by atoms with E-state index >= 15 is 0 Å². The molecule has 0 radical (unpaired) electrons. The van der Waals surface area contributed by atoms with E-state index in [9.17, 15) is 0 Å². The van der Waals surface area contributed by atoms with E-state index in [0.717, 1.165) is 174 Å². The molecule has 0 spiro atoms. The second kappa shape index (κ2) is 32.1. The number of aryl methyl sites for hydroxylation is 8. The van der Waals surface area contributed by atoms with E-state index in [0.29, 0.717) is 67.3 Å². The minimum atomic E-state index is -0.797. The Balaban J connectivity index is 0.000000124. The third kappa shape index (κ3) is 13.8. The van der Waals surface area contributed by atoms with Crippen molar-refractivity contribution in [2.75, 3.05) is 0 Å². The molecule has 0 unspecified atom stereocenters. The molecule has 18 aromatic rings.